The molecular formula is C22H28N2O5S. The molecule has 0 unspecified atom stereocenters. The molecule has 1 heterocycles. The summed E-state index contributed by atoms with van der Waals surface area (Å²) in [6.07, 6.45) is 1.83. The van der Waals surface area contributed by atoms with E-state index in [2.05, 4.69) is 4.72 Å². The van der Waals surface area contributed by atoms with Gasteiger partial charge in [-0.25, -0.2) is 13.1 Å². The van der Waals surface area contributed by atoms with E-state index in [1.54, 1.807) is 12.1 Å². The van der Waals surface area contributed by atoms with Gasteiger partial charge in [-0.05, 0) is 61.7 Å². The van der Waals surface area contributed by atoms with Gasteiger partial charge in [-0.3, -0.25) is 4.79 Å². The number of amides is 1. The normalized spacial score (nSPS) is 16.6. The van der Waals surface area contributed by atoms with Gasteiger partial charge in [-0.2, -0.15) is 0 Å². The summed E-state index contributed by atoms with van der Waals surface area (Å²) in [6.45, 7) is 3.71. The smallest absolute Gasteiger partial charge is 0.254 e. The molecule has 1 aliphatic rings. The van der Waals surface area contributed by atoms with Crippen molar-refractivity contribution in [3.63, 3.8) is 0 Å². The van der Waals surface area contributed by atoms with Crippen LogP contribution in [-0.2, 0) is 14.8 Å². The molecule has 2 aromatic carbocycles. The summed E-state index contributed by atoms with van der Waals surface area (Å²) in [4.78, 5) is 15.1. The predicted molar refractivity (Wildman–Crippen MR) is 114 cm³/mol. The number of benzene rings is 2. The number of methoxy groups -OCH3 is 1. The molecule has 7 nitrogen and oxygen atoms in total. The molecule has 1 fully saturated rings. The molecule has 1 atom stereocenters. The van der Waals surface area contributed by atoms with Gasteiger partial charge >= 0.3 is 0 Å². The van der Waals surface area contributed by atoms with Crippen LogP contribution >= 0.6 is 0 Å². The van der Waals surface area contributed by atoms with Crippen LogP contribution < -0.4 is 9.46 Å². The highest BCUT2D eigenvalue weighted by Crippen LogP contribution is 2.34. The zero-order valence-electron chi connectivity index (χ0n) is 17.3. The number of carbonyl (C=O) groups is 1. The van der Waals surface area contributed by atoms with Crippen LogP contribution in [0.25, 0.3) is 0 Å². The SMILES string of the molecule is CCOc1ccc([C@@H]2CCCN2C(=O)c2ccc(S(=O)(=O)NCCOC)cc2)cc1. The maximum atomic E-state index is 13.1. The van der Waals surface area contributed by atoms with Crippen molar-refractivity contribution in [3.05, 3.63) is 59.7 Å². The van der Waals surface area contributed by atoms with Crippen LogP contribution in [0.4, 0.5) is 0 Å². The van der Waals surface area contributed by atoms with Crippen molar-refractivity contribution >= 4 is 15.9 Å². The minimum absolute atomic E-state index is 0.00676. The van der Waals surface area contributed by atoms with Crippen molar-refractivity contribution in [3.8, 4) is 5.75 Å². The summed E-state index contributed by atoms with van der Waals surface area (Å²) in [5, 5.41) is 0. The second-order valence-corrected chi connectivity index (χ2v) is 8.84. The zero-order valence-corrected chi connectivity index (χ0v) is 18.2. The fraction of sp³-hybridized carbons (Fsp3) is 0.409. The van der Waals surface area contributed by atoms with E-state index < -0.39 is 10.0 Å². The first-order chi connectivity index (χ1) is 14.5. The van der Waals surface area contributed by atoms with Crippen LogP contribution in [-0.4, -0.2) is 52.6 Å². The highest BCUT2D eigenvalue weighted by molar-refractivity contribution is 7.89. The molecule has 0 aromatic heterocycles. The summed E-state index contributed by atoms with van der Waals surface area (Å²) >= 11 is 0. The summed E-state index contributed by atoms with van der Waals surface area (Å²) in [6, 6.07) is 13.9. The van der Waals surface area contributed by atoms with E-state index in [4.69, 9.17) is 9.47 Å². The Morgan fingerprint density at radius 2 is 1.83 bits per heavy atom. The topological polar surface area (TPSA) is 84.9 Å². The Morgan fingerprint density at radius 1 is 1.13 bits per heavy atom. The Labute approximate surface area is 178 Å². The third kappa shape index (κ3) is 5.19. The van der Waals surface area contributed by atoms with Gasteiger partial charge in [0.1, 0.15) is 5.75 Å². The number of hydrogen-bond donors (Lipinski definition) is 1. The second kappa shape index (κ2) is 10.1. The van der Waals surface area contributed by atoms with Crippen molar-refractivity contribution in [2.75, 3.05) is 33.4 Å². The number of ether oxygens (including phenoxy) is 2. The predicted octanol–water partition coefficient (Wildman–Crippen LogP) is 2.99. The summed E-state index contributed by atoms with van der Waals surface area (Å²) in [5.41, 5.74) is 1.55. The lowest BCUT2D eigenvalue weighted by molar-refractivity contribution is 0.0735. The molecule has 3 rings (SSSR count). The van der Waals surface area contributed by atoms with E-state index in [0.717, 1.165) is 24.2 Å². The Morgan fingerprint density at radius 3 is 2.47 bits per heavy atom. The summed E-state index contributed by atoms with van der Waals surface area (Å²) in [7, 11) is -2.12. The van der Waals surface area contributed by atoms with Gasteiger partial charge in [0.25, 0.3) is 5.91 Å². The van der Waals surface area contributed by atoms with Crippen molar-refractivity contribution < 1.29 is 22.7 Å². The van der Waals surface area contributed by atoms with Crippen molar-refractivity contribution in [1.82, 2.24) is 9.62 Å². The van der Waals surface area contributed by atoms with Crippen LogP contribution in [0.2, 0.25) is 0 Å². The largest absolute Gasteiger partial charge is 0.494 e. The van der Waals surface area contributed by atoms with Gasteiger partial charge in [0.15, 0.2) is 0 Å². The molecule has 0 aliphatic carbocycles. The molecule has 1 aliphatic heterocycles. The minimum Gasteiger partial charge on any atom is -0.494 e. The number of carbonyl (C=O) groups excluding carboxylic acids is 1. The number of sulfonamides is 1. The minimum atomic E-state index is -3.62. The van der Waals surface area contributed by atoms with Crippen LogP contribution in [0.1, 0.15) is 41.7 Å². The molecule has 0 bridgehead atoms. The number of nitrogens with one attached hydrogen (secondary N) is 1. The van der Waals surface area contributed by atoms with Gasteiger partial charge < -0.3 is 14.4 Å². The highest BCUT2D eigenvalue weighted by atomic mass is 32.2. The van der Waals surface area contributed by atoms with E-state index >= 15 is 0 Å². The average molecular weight is 433 g/mol. The summed E-state index contributed by atoms with van der Waals surface area (Å²) in [5.74, 6) is 0.718. The van der Waals surface area contributed by atoms with Crippen molar-refractivity contribution in [1.29, 1.82) is 0 Å². The molecule has 0 saturated carbocycles. The van der Waals surface area contributed by atoms with Crippen LogP contribution in [0, 0.1) is 0 Å². The van der Waals surface area contributed by atoms with Gasteiger partial charge in [-0.1, -0.05) is 12.1 Å². The molecule has 1 saturated heterocycles. The maximum absolute atomic E-state index is 13.1. The molecule has 2 aromatic rings. The monoisotopic (exact) mass is 432 g/mol. The average Bonchev–Trinajstić information content (AvgIpc) is 3.24. The van der Waals surface area contributed by atoms with Crippen LogP contribution in [0.5, 0.6) is 5.75 Å². The fourth-order valence-corrected chi connectivity index (χ4v) is 4.63. The Hall–Kier alpha value is -2.42. The summed E-state index contributed by atoms with van der Waals surface area (Å²) < 4.78 is 37.4. The van der Waals surface area contributed by atoms with Gasteiger partial charge in [0, 0.05) is 25.8 Å². The van der Waals surface area contributed by atoms with Crippen molar-refractivity contribution in [2.45, 2.75) is 30.7 Å². The third-order valence-electron chi connectivity index (χ3n) is 5.10. The molecule has 0 radical (unpaired) electrons. The molecule has 8 heteroatoms. The van der Waals surface area contributed by atoms with Gasteiger partial charge in [0.2, 0.25) is 10.0 Å². The van der Waals surface area contributed by atoms with Crippen LogP contribution in [0.15, 0.2) is 53.4 Å². The first kappa shape index (κ1) is 22.3. The lowest BCUT2D eigenvalue weighted by Gasteiger charge is -2.25. The third-order valence-corrected chi connectivity index (χ3v) is 6.58. The Bertz CT molecular complexity index is 942. The van der Waals surface area contributed by atoms with Crippen LogP contribution in [0.3, 0.4) is 0 Å². The number of hydrogen-bond acceptors (Lipinski definition) is 5. The van der Waals surface area contributed by atoms with Gasteiger partial charge in [0.05, 0.1) is 24.2 Å². The molecule has 30 heavy (non-hydrogen) atoms. The van der Waals surface area contributed by atoms with E-state index in [0.29, 0.717) is 18.7 Å². The first-order valence-electron chi connectivity index (χ1n) is 10.1. The molecule has 0 spiro atoms. The van der Waals surface area contributed by atoms with E-state index in [1.807, 2.05) is 36.1 Å². The molecule has 1 amide bonds. The molecule has 1 N–H and O–H groups in total. The second-order valence-electron chi connectivity index (χ2n) is 7.07. The van der Waals surface area contributed by atoms with Crippen molar-refractivity contribution in [2.24, 2.45) is 0 Å². The quantitative estimate of drug-likeness (QED) is 0.616. The molecular weight excluding hydrogens is 404 g/mol. The van der Waals surface area contributed by atoms with E-state index in [-0.39, 0.29) is 30.0 Å². The first-order valence-corrected chi connectivity index (χ1v) is 11.6. The zero-order chi connectivity index (χ0) is 21.6. The highest BCUT2D eigenvalue weighted by Gasteiger charge is 2.30. The van der Waals surface area contributed by atoms with E-state index in [1.165, 1.54) is 19.2 Å². The molecule has 162 valence electrons. The standard InChI is InChI=1S/C22H28N2O5S/c1-3-29-19-10-6-17(7-11-19)21-5-4-15-24(21)22(25)18-8-12-20(13-9-18)30(26,27)23-14-16-28-2/h6-13,21,23H,3-5,14-16H2,1-2H3/t21-/m0/s1. The Kier molecular flexibility index (Phi) is 7.47. The number of rotatable bonds is 9. The number of likely N-dealkylation sites (tertiary alicyclic amines) is 1. The fourth-order valence-electron chi connectivity index (χ4n) is 3.61. The lowest BCUT2D eigenvalue weighted by Crippen LogP contribution is -2.30. The number of nitrogens with zero attached hydrogens (tertiary/aromatic N) is 1. The maximum Gasteiger partial charge on any atom is 0.254 e. The van der Waals surface area contributed by atoms with E-state index in [9.17, 15) is 13.2 Å². The lowest BCUT2D eigenvalue weighted by atomic mass is 10.0. The Balaban J connectivity index is 1.72. The van der Waals surface area contributed by atoms with Gasteiger partial charge in [-0.15, -0.1) is 0 Å².